The van der Waals surface area contributed by atoms with Gasteiger partial charge in [0.25, 0.3) is 0 Å². The normalized spacial score (nSPS) is 45.1. The van der Waals surface area contributed by atoms with Gasteiger partial charge in [-0.3, -0.25) is 24.1 Å². The summed E-state index contributed by atoms with van der Waals surface area (Å²) in [4.78, 5) is 81.7. The van der Waals surface area contributed by atoms with Gasteiger partial charge in [-0.1, -0.05) is 31.7 Å². The Morgan fingerprint density at radius 1 is 0.933 bits per heavy atom. The lowest BCUT2D eigenvalue weighted by Crippen LogP contribution is -2.76. The van der Waals surface area contributed by atoms with Crippen LogP contribution < -0.4 is 0 Å². The molecule has 1 aromatic carbocycles. The number of fused-ring (bicyclic) bond motifs is 1. The molecule has 0 unspecified atom stereocenters. The third kappa shape index (κ3) is 3.50. The topological polar surface area (TPSA) is 143 Å². The van der Waals surface area contributed by atoms with Gasteiger partial charge in [-0.25, -0.2) is 4.79 Å². The number of carbonyl (C=O) groups is 6. The molecular formula is C34H37NO10. The lowest BCUT2D eigenvalue weighted by atomic mass is 9.38. The van der Waals surface area contributed by atoms with Crippen molar-refractivity contribution in [1.29, 1.82) is 0 Å². The van der Waals surface area contributed by atoms with Gasteiger partial charge in [0.2, 0.25) is 0 Å². The van der Waals surface area contributed by atoms with Crippen LogP contribution in [0.3, 0.4) is 0 Å². The molecule has 8 fully saturated rings. The van der Waals surface area contributed by atoms with Crippen LogP contribution in [-0.2, 0) is 42.9 Å². The van der Waals surface area contributed by atoms with Crippen LogP contribution in [0.2, 0.25) is 0 Å². The highest BCUT2D eigenvalue weighted by molar-refractivity contribution is 5.94. The van der Waals surface area contributed by atoms with Gasteiger partial charge in [0.15, 0.2) is 0 Å². The highest BCUT2D eigenvalue weighted by Gasteiger charge is 2.93. The summed E-state index contributed by atoms with van der Waals surface area (Å²) < 4.78 is 24.5. The number of ether oxygens (including phenoxy) is 4. The minimum Gasteiger partial charge on any atom is -0.461 e. The number of carbonyl (C=O) groups excluding carboxylic acids is 6. The Hall–Kier alpha value is -3.86. The third-order valence-corrected chi connectivity index (χ3v) is 12.1. The van der Waals surface area contributed by atoms with Crippen LogP contribution in [0.1, 0.15) is 50.9 Å². The first-order valence-electron chi connectivity index (χ1n) is 15.4. The molecule has 6 aliphatic carbocycles. The van der Waals surface area contributed by atoms with Gasteiger partial charge in [-0.05, 0) is 37.1 Å². The monoisotopic (exact) mass is 619 g/mol. The fourth-order valence-corrected chi connectivity index (χ4v) is 11.5. The van der Waals surface area contributed by atoms with Gasteiger partial charge >= 0.3 is 23.9 Å². The average molecular weight is 620 g/mol. The summed E-state index contributed by atoms with van der Waals surface area (Å²) in [5, 5.41) is 0. The van der Waals surface area contributed by atoms with E-state index in [1.165, 1.54) is 20.8 Å². The van der Waals surface area contributed by atoms with Crippen molar-refractivity contribution >= 4 is 35.9 Å². The van der Waals surface area contributed by atoms with Crippen LogP contribution >= 0.6 is 0 Å². The van der Waals surface area contributed by atoms with E-state index in [2.05, 4.69) is 11.5 Å². The summed E-state index contributed by atoms with van der Waals surface area (Å²) in [5.41, 5.74) is -2.64. The SMILES string of the molecule is C=C1[C@H]2C(=O)[C@@H]3[C@H]4N(C)[C@H]5C[C@]3([C@@H]1OC(C)=O)[C@@H]([C@@H]2OC(C)=O)[C@@]41[C@H](OC(C)=O)[C@@H](OC(=O)c2ccccc2)C[C@@](C)(C=O)[C@@H]51. The molecule has 2 spiro atoms. The zero-order valence-electron chi connectivity index (χ0n) is 25.9. The highest BCUT2D eigenvalue weighted by atomic mass is 16.6. The maximum atomic E-state index is 14.6. The van der Waals surface area contributed by atoms with Crippen molar-refractivity contribution in [3.8, 4) is 0 Å². The van der Waals surface area contributed by atoms with E-state index in [9.17, 15) is 28.8 Å². The number of hydrogen-bond donors (Lipinski definition) is 0. The van der Waals surface area contributed by atoms with E-state index in [4.69, 9.17) is 18.9 Å². The molecule has 1 aromatic rings. The third-order valence-electron chi connectivity index (χ3n) is 12.1. The number of aldehydes is 1. The summed E-state index contributed by atoms with van der Waals surface area (Å²) in [5.74, 6) is -5.39. The van der Waals surface area contributed by atoms with E-state index in [0.29, 0.717) is 12.0 Å². The summed E-state index contributed by atoms with van der Waals surface area (Å²) in [6, 6.07) is 7.52. The van der Waals surface area contributed by atoms with E-state index in [1.807, 2.05) is 14.0 Å². The van der Waals surface area contributed by atoms with E-state index in [-0.39, 0.29) is 23.8 Å². The zero-order chi connectivity index (χ0) is 32.4. The Balaban J connectivity index is 1.49. The van der Waals surface area contributed by atoms with Crippen LogP contribution in [0, 0.1) is 39.9 Å². The minimum atomic E-state index is -1.19. The van der Waals surface area contributed by atoms with Gasteiger partial charge in [0, 0.05) is 67.4 Å². The minimum absolute atomic E-state index is 0.0799. The Labute approximate surface area is 260 Å². The van der Waals surface area contributed by atoms with Crippen LogP contribution in [0.15, 0.2) is 42.5 Å². The standard InChI is InChI=1S/C34H37NO10/c1-15-22-24(40)23-28-34-26(20(35(28)6)12-33(23,29(15)43-17(3)38)27(34)25(22)42-16(2)37)32(5,14-36)13-21(30(34)44-18(4)39)45-31(41)19-10-8-7-9-11-19/h7-11,14,20-23,25-30H,1,12-13H2,2-6H3/t20-,21-,22-,23+,25+,26+,27+,28+,29+,30+,32-,33+,34+/m0/s1. The molecule has 2 aliphatic heterocycles. The molecular weight excluding hydrogens is 582 g/mol. The van der Waals surface area contributed by atoms with Gasteiger partial charge < -0.3 is 23.7 Å². The van der Waals surface area contributed by atoms with Crippen molar-refractivity contribution in [1.82, 2.24) is 4.90 Å². The number of esters is 4. The molecule has 45 heavy (non-hydrogen) atoms. The van der Waals surface area contributed by atoms with E-state index in [1.54, 1.807) is 30.3 Å². The first-order chi connectivity index (χ1) is 21.2. The molecule has 238 valence electrons. The second kappa shape index (κ2) is 9.57. The molecule has 8 aliphatic rings. The van der Waals surface area contributed by atoms with Gasteiger partial charge in [-0.2, -0.15) is 0 Å². The summed E-state index contributed by atoms with van der Waals surface area (Å²) in [6.07, 6.45) is -2.69. The van der Waals surface area contributed by atoms with Gasteiger partial charge in [0.05, 0.1) is 11.5 Å². The van der Waals surface area contributed by atoms with E-state index < -0.39 is 94.3 Å². The number of ketones is 1. The number of Topliss-reactive ketones (excluding diaryl/α,β-unsaturated/α-hetero) is 1. The number of piperidine rings is 1. The second-order valence-corrected chi connectivity index (χ2v) is 14.1. The van der Waals surface area contributed by atoms with Crippen LogP contribution in [0.5, 0.6) is 0 Å². The molecule has 2 saturated heterocycles. The maximum Gasteiger partial charge on any atom is 0.338 e. The molecule has 7 bridgehead atoms. The molecule has 0 radical (unpaired) electrons. The lowest BCUT2D eigenvalue weighted by molar-refractivity contribution is -0.260. The van der Waals surface area contributed by atoms with E-state index in [0.717, 1.165) is 6.29 Å². The maximum absolute atomic E-state index is 14.6. The Bertz CT molecular complexity index is 1560. The van der Waals surface area contributed by atoms with Gasteiger partial charge in [0.1, 0.15) is 36.5 Å². The Kier molecular flexibility index (Phi) is 6.35. The molecule has 2 heterocycles. The van der Waals surface area contributed by atoms with Crippen molar-refractivity contribution in [3.05, 3.63) is 48.0 Å². The van der Waals surface area contributed by atoms with Crippen molar-refractivity contribution in [2.24, 2.45) is 39.9 Å². The molecule has 0 amide bonds. The van der Waals surface area contributed by atoms with Crippen LogP contribution in [0.25, 0.3) is 0 Å². The van der Waals surface area contributed by atoms with E-state index >= 15 is 0 Å². The van der Waals surface area contributed by atoms with Crippen molar-refractivity contribution < 1.29 is 47.7 Å². The average Bonchev–Trinajstić information content (AvgIpc) is 3.23. The fourth-order valence-electron chi connectivity index (χ4n) is 11.5. The molecule has 11 heteroatoms. The Morgan fingerprint density at radius 2 is 1.58 bits per heavy atom. The summed E-state index contributed by atoms with van der Waals surface area (Å²) in [6.45, 7) is 9.89. The largest absolute Gasteiger partial charge is 0.461 e. The van der Waals surface area contributed by atoms with Crippen LogP contribution in [0.4, 0.5) is 0 Å². The number of hydrogen-bond acceptors (Lipinski definition) is 11. The number of rotatable bonds is 6. The molecule has 0 aromatic heterocycles. The van der Waals surface area contributed by atoms with Crippen molar-refractivity contribution in [2.45, 2.75) is 77.0 Å². The predicted octanol–water partition coefficient (Wildman–Crippen LogP) is 2.31. The molecule has 0 N–H and O–H groups in total. The molecule has 11 nitrogen and oxygen atoms in total. The first kappa shape index (κ1) is 29.8. The summed E-state index contributed by atoms with van der Waals surface area (Å²) in [7, 11) is 1.90. The van der Waals surface area contributed by atoms with Crippen molar-refractivity contribution in [2.75, 3.05) is 7.05 Å². The lowest BCUT2D eigenvalue weighted by Gasteiger charge is -2.68. The summed E-state index contributed by atoms with van der Waals surface area (Å²) >= 11 is 0. The van der Waals surface area contributed by atoms with Gasteiger partial charge in [-0.15, -0.1) is 0 Å². The fraction of sp³-hybridized carbons (Fsp3) is 0.588. The molecule has 13 atom stereocenters. The first-order valence-corrected chi connectivity index (χ1v) is 15.4. The quantitative estimate of drug-likeness (QED) is 0.200. The second-order valence-electron chi connectivity index (χ2n) is 14.1. The smallest absolute Gasteiger partial charge is 0.338 e. The Morgan fingerprint density at radius 3 is 2.18 bits per heavy atom. The molecule has 6 saturated carbocycles. The molecule has 9 rings (SSSR count). The number of benzene rings is 1. The highest BCUT2D eigenvalue weighted by Crippen LogP contribution is 2.84. The number of nitrogens with zero attached hydrogens (tertiary/aromatic N) is 1. The van der Waals surface area contributed by atoms with Crippen molar-refractivity contribution in [3.63, 3.8) is 0 Å². The predicted molar refractivity (Wildman–Crippen MR) is 154 cm³/mol. The zero-order valence-corrected chi connectivity index (χ0v) is 25.9. The van der Waals surface area contributed by atoms with Crippen LogP contribution in [-0.4, -0.2) is 84.4 Å².